The molecule has 1 amide bonds. The first kappa shape index (κ1) is 34.8. The molecule has 3 aliphatic rings. The molecular formula is C29H48F3N3O4. The third-order valence-corrected chi connectivity index (χ3v) is 8.13. The fourth-order valence-electron chi connectivity index (χ4n) is 6.16. The van der Waals surface area contributed by atoms with E-state index in [0.717, 1.165) is 51.5 Å². The first-order chi connectivity index (χ1) is 18.3. The van der Waals surface area contributed by atoms with Crippen LogP contribution in [0.5, 0.6) is 0 Å². The van der Waals surface area contributed by atoms with E-state index >= 15 is 0 Å². The summed E-state index contributed by atoms with van der Waals surface area (Å²) in [6.45, 7) is 11.5. The molecule has 2 unspecified atom stereocenters. The van der Waals surface area contributed by atoms with Gasteiger partial charge in [-0.15, -0.1) is 0 Å². The van der Waals surface area contributed by atoms with Crippen LogP contribution in [0.2, 0.25) is 0 Å². The summed E-state index contributed by atoms with van der Waals surface area (Å²) in [4.78, 5) is 29.6. The number of hydrogen-bond donors (Lipinski definition) is 2. The van der Waals surface area contributed by atoms with Gasteiger partial charge in [0.25, 0.3) is 5.91 Å². The van der Waals surface area contributed by atoms with Crippen LogP contribution in [-0.4, -0.2) is 74.2 Å². The van der Waals surface area contributed by atoms with E-state index in [1.807, 2.05) is 11.9 Å². The fourth-order valence-corrected chi connectivity index (χ4v) is 6.16. The zero-order valence-electron chi connectivity index (χ0n) is 24.4. The monoisotopic (exact) mass is 559 g/mol. The van der Waals surface area contributed by atoms with Crippen LogP contribution < -0.4 is 5.73 Å². The van der Waals surface area contributed by atoms with Crippen molar-refractivity contribution in [1.82, 2.24) is 4.90 Å². The van der Waals surface area contributed by atoms with Crippen LogP contribution in [0, 0.1) is 17.3 Å². The molecule has 39 heavy (non-hydrogen) atoms. The van der Waals surface area contributed by atoms with E-state index in [9.17, 15) is 18.0 Å². The van der Waals surface area contributed by atoms with E-state index in [4.69, 9.17) is 19.6 Å². The number of nitrogens with two attached hydrogens (primary N) is 1. The number of carboxylic acids is 1. The largest absolute Gasteiger partial charge is 0.490 e. The molecule has 0 aromatic carbocycles. The standard InChI is InChI=1S/C26H42N2O2.C2HF3O2.CH5N/c1-7-16-28(5)24(29)26(27-4)23-17-20(9-8-19(2)3)10-11-21(23)18-25(26)14-12-22(30-6)13-15-25;3-2(4,5)1(6)7;1-2/h11,17,19-20,22H,4,7-10,12-16,18H2,1-3,5-6H3;(H,6,7);2H2,1H3. The van der Waals surface area contributed by atoms with Gasteiger partial charge in [-0.1, -0.05) is 39.3 Å². The summed E-state index contributed by atoms with van der Waals surface area (Å²) in [5, 5.41) is 7.12. The molecule has 2 atom stereocenters. The molecule has 0 saturated heterocycles. The maximum Gasteiger partial charge on any atom is 0.490 e. The van der Waals surface area contributed by atoms with Crippen molar-refractivity contribution in [2.24, 2.45) is 28.0 Å². The minimum Gasteiger partial charge on any atom is -0.475 e. The number of aliphatic carboxylic acids is 1. The summed E-state index contributed by atoms with van der Waals surface area (Å²) >= 11 is 0. The molecule has 0 bridgehead atoms. The number of carboxylic acid groups (broad SMARTS) is 1. The lowest BCUT2D eigenvalue weighted by Crippen LogP contribution is -2.57. The number of carbonyl (C=O) groups is 2. The summed E-state index contributed by atoms with van der Waals surface area (Å²) in [6.07, 6.45) is 9.39. The van der Waals surface area contributed by atoms with Crippen molar-refractivity contribution in [3.8, 4) is 0 Å². The molecule has 0 aliphatic heterocycles. The number of aliphatic imine (C=N–C) groups is 1. The molecule has 0 aromatic rings. The molecule has 3 N–H and O–H groups in total. The van der Waals surface area contributed by atoms with E-state index in [1.165, 1.54) is 31.0 Å². The van der Waals surface area contributed by atoms with E-state index in [0.29, 0.717) is 17.9 Å². The van der Waals surface area contributed by atoms with E-state index in [-0.39, 0.29) is 11.3 Å². The molecule has 7 nitrogen and oxygen atoms in total. The number of halogens is 3. The molecule has 0 aromatic heterocycles. The Morgan fingerprint density at radius 1 is 1.28 bits per heavy atom. The van der Waals surface area contributed by atoms with Gasteiger partial charge in [-0.25, -0.2) is 4.79 Å². The summed E-state index contributed by atoms with van der Waals surface area (Å²) < 4.78 is 37.4. The van der Waals surface area contributed by atoms with Gasteiger partial charge in [-0.05, 0) is 88.1 Å². The van der Waals surface area contributed by atoms with Crippen LogP contribution in [0.15, 0.2) is 28.3 Å². The number of alkyl halides is 3. The number of nitrogens with zero attached hydrogens (tertiary/aromatic N) is 2. The van der Waals surface area contributed by atoms with Crippen molar-refractivity contribution in [3.05, 3.63) is 23.3 Å². The third kappa shape index (κ3) is 7.93. The number of fused-ring (bicyclic) bond motifs is 1. The molecule has 10 heteroatoms. The van der Waals surface area contributed by atoms with E-state index in [2.05, 4.69) is 45.4 Å². The molecule has 0 heterocycles. The molecular weight excluding hydrogens is 511 g/mol. The Labute approximate surface area is 231 Å². The highest BCUT2D eigenvalue weighted by Gasteiger charge is 2.65. The molecule has 1 spiro atoms. The Balaban J connectivity index is 0.000000735. The second kappa shape index (κ2) is 15.0. The van der Waals surface area contributed by atoms with Crippen molar-refractivity contribution in [2.45, 2.75) is 96.4 Å². The minimum atomic E-state index is -5.08. The van der Waals surface area contributed by atoms with Gasteiger partial charge in [0, 0.05) is 26.1 Å². The summed E-state index contributed by atoms with van der Waals surface area (Å²) in [6, 6.07) is 0. The van der Waals surface area contributed by atoms with Crippen LogP contribution in [-0.2, 0) is 14.3 Å². The van der Waals surface area contributed by atoms with E-state index in [1.54, 1.807) is 7.11 Å². The van der Waals surface area contributed by atoms with Gasteiger partial charge in [0.1, 0.15) is 0 Å². The lowest BCUT2D eigenvalue weighted by Gasteiger charge is -2.47. The summed E-state index contributed by atoms with van der Waals surface area (Å²) in [5.41, 5.74) is 6.05. The third-order valence-electron chi connectivity index (χ3n) is 8.13. The van der Waals surface area contributed by atoms with E-state index < -0.39 is 17.7 Å². The van der Waals surface area contributed by atoms with Crippen molar-refractivity contribution in [3.63, 3.8) is 0 Å². The molecule has 3 rings (SSSR count). The zero-order chi connectivity index (χ0) is 30.0. The number of likely N-dealkylation sites (N-methyl/N-ethyl adjacent to an activating group) is 1. The topological polar surface area (TPSA) is 105 Å². The predicted octanol–water partition coefficient (Wildman–Crippen LogP) is 5.79. The van der Waals surface area contributed by atoms with Crippen molar-refractivity contribution in [1.29, 1.82) is 0 Å². The number of allylic oxidation sites excluding steroid dienone is 2. The first-order valence-corrected chi connectivity index (χ1v) is 13.8. The minimum absolute atomic E-state index is 0.148. The van der Waals surface area contributed by atoms with Crippen LogP contribution in [0.1, 0.15) is 78.6 Å². The lowest BCUT2D eigenvalue weighted by molar-refractivity contribution is -0.192. The predicted molar refractivity (Wildman–Crippen MR) is 149 cm³/mol. The average Bonchev–Trinajstić information content (AvgIpc) is 3.17. The summed E-state index contributed by atoms with van der Waals surface area (Å²) in [5.74, 6) is -1.41. The first-order valence-electron chi connectivity index (χ1n) is 13.8. The Bertz CT molecular complexity index is 893. The number of amides is 1. The summed E-state index contributed by atoms with van der Waals surface area (Å²) in [7, 11) is 5.25. The fraction of sp³-hybridized carbons (Fsp3) is 0.759. The smallest absolute Gasteiger partial charge is 0.475 e. The Kier molecular flexibility index (Phi) is 13.4. The molecule has 3 aliphatic carbocycles. The second-order valence-electron chi connectivity index (χ2n) is 11.1. The van der Waals surface area contributed by atoms with Crippen LogP contribution >= 0.6 is 0 Å². The number of carbonyl (C=O) groups excluding carboxylic acids is 1. The van der Waals surface area contributed by atoms with Gasteiger partial charge in [-0.2, -0.15) is 13.2 Å². The Hall–Kier alpha value is -2.20. The van der Waals surface area contributed by atoms with Gasteiger partial charge in [0.2, 0.25) is 0 Å². The maximum atomic E-state index is 14.0. The normalized spacial score (nSPS) is 27.8. The van der Waals surface area contributed by atoms with Gasteiger partial charge in [0.15, 0.2) is 5.54 Å². The Morgan fingerprint density at radius 2 is 1.85 bits per heavy atom. The highest BCUT2D eigenvalue weighted by Crippen LogP contribution is 2.63. The van der Waals surface area contributed by atoms with Crippen molar-refractivity contribution >= 4 is 18.6 Å². The van der Waals surface area contributed by atoms with Gasteiger partial charge in [0.05, 0.1) is 6.10 Å². The maximum absolute atomic E-state index is 14.0. The van der Waals surface area contributed by atoms with Crippen molar-refractivity contribution < 1.29 is 32.6 Å². The van der Waals surface area contributed by atoms with Gasteiger partial charge < -0.3 is 20.5 Å². The van der Waals surface area contributed by atoms with Crippen LogP contribution in [0.3, 0.4) is 0 Å². The molecule has 0 radical (unpaired) electrons. The highest BCUT2D eigenvalue weighted by atomic mass is 19.4. The quantitative estimate of drug-likeness (QED) is 0.366. The molecule has 2 fully saturated rings. The van der Waals surface area contributed by atoms with Crippen LogP contribution in [0.4, 0.5) is 13.2 Å². The highest BCUT2D eigenvalue weighted by molar-refractivity contribution is 5.95. The molecule has 2 saturated carbocycles. The average molecular weight is 560 g/mol. The number of ether oxygens (including phenoxy) is 1. The lowest BCUT2D eigenvalue weighted by atomic mass is 9.61. The number of hydrogen-bond acceptors (Lipinski definition) is 5. The van der Waals surface area contributed by atoms with Gasteiger partial charge >= 0.3 is 12.1 Å². The Morgan fingerprint density at radius 3 is 2.28 bits per heavy atom. The zero-order valence-corrected chi connectivity index (χ0v) is 24.4. The van der Waals surface area contributed by atoms with Crippen molar-refractivity contribution in [2.75, 3.05) is 27.7 Å². The number of methoxy groups -OCH3 is 1. The second-order valence-corrected chi connectivity index (χ2v) is 11.1. The number of rotatable bonds is 8. The molecule has 224 valence electrons. The van der Waals surface area contributed by atoms with Gasteiger partial charge in [-0.3, -0.25) is 9.79 Å². The SMILES string of the molecule is C=NC1(C(=O)N(C)CCC)C2=CC(CCC(C)C)CC=C2CC12CCC(OC)CC2.CN.O=C(O)C(F)(F)F. The van der Waals surface area contributed by atoms with Crippen LogP contribution in [0.25, 0.3) is 0 Å².